The minimum atomic E-state index is -3.11. The summed E-state index contributed by atoms with van der Waals surface area (Å²) in [4.78, 5) is 21.7. The van der Waals surface area contributed by atoms with Crippen molar-refractivity contribution in [1.29, 1.82) is 0 Å². The van der Waals surface area contributed by atoms with Gasteiger partial charge in [0.1, 0.15) is 12.1 Å². The molecule has 0 aliphatic heterocycles. The van der Waals surface area contributed by atoms with E-state index in [9.17, 15) is 9.59 Å². The van der Waals surface area contributed by atoms with E-state index in [0.717, 1.165) is 19.1 Å². The Hall–Kier alpha value is 1.41. The van der Waals surface area contributed by atoms with Crippen LogP contribution in [0.2, 0.25) is 0 Å². The Morgan fingerprint density at radius 3 is 1.65 bits per heavy atom. The molecule has 0 bridgehead atoms. The van der Waals surface area contributed by atoms with E-state index >= 15 is 0 Å². The van der Waals surface area contributed by atoms with Gasteiger partial charge < -0.3 is 13.9 Å². The van der Waals surface area contributed by atoms with Crippen LogP contribution in [0.4, 0.5) is 0 Å². The molecule has 0 saturated carbocycles. The summed E-state index contributed by atoms with van der Waals surface area (Å²) in [6.07, 6.45) is 12.6. The molecule has 0 aromatic carbocycles. The molecule has 0 amide bonds. The molecule has 0 heterocycles. The van der Waals surface area contributed by atoms with Crippen molar-refractivity contribution in [1.82, 2.24) is 0 Å². The Morgan fingerprint density at radius 1 is 0.957 bits per heavy atom. The zero-order valence-corrected chi connectivity index (χ0v) is 20.0. The number of Topliss-reactive ketones (excluding diaryl/α,β-unsaturated/α-hetero) is 1. The van der Waals surface area contributed by atoms with Crippen molar-refractivity contribution < 1.29 is 82.0 Å². The van der Waals surface area contributed by atoms with Gasteiger partial charge in [0.25, 0.3) is 0 Å². The Balaban J connectivity index is -0.000000268. The summed E-state index contributed by atoms with van der Waals surface area (Å²) in [5, 5.41) is 0. The number of carbonyl (C=O) groups excluding carboxylic acids is 2. The number of rotatable bonds is 12. The largest absolute Gasteiger partial charge is 1.00 e. The first kappa shape index (κ1) is 32.1. The summed E-state index contributed by atoms with van der Waals surface area (Å²) in [6.45, 7) is 3.92. The van der Waals surface area contributed by atoms with Crippen molar-refractivity contribution in [2.45, 2.75) is 78.1 Å². The molecule has 0 aromatic heterocycles. The molecule has 0 N–H and O–H groups in total. The Kier molecular flexibility index (Phi) is 35.8. The molecule has 0 spiro atoms. The maximum Gasteiger partial charge on any atom is 1.00 e. The molecule has 126 valence electrons. The fraction of sp³-hybridized carbons (Fsp3) is 0.867. The van der Waals surface area contributed by atoms with Gasteiger partial charge in [0.15, 0.2) is 0 Å². The van der Waals surface area contributed by atoms with E-state index in [0.29, 0.717) is 6.42 Å². The predicted octanol–water partition coefficient (Wildman–Crippen LogP) is -2.68. The van der Waals surface area contributed by atoms with Crippen LogP contribution in [0, 0.1) is 5.92 Å². The van der Waals surface area contributed by atoms with Gasteiger partial charge in [-0.1, -0.05) is 58.3 Å². The van der Waals surface area contributed by atoms with Crippen LogP contribution in [0.3, 0.4) is 0 Å². The molecular weight excluding hydrogens is 338 g/mol. The third-order valence-electron chi connectivity index (χ3n) is 3.24. The molecule has 0 rings (SSSR count). The first-order valence-electron chi connectivity index (χ1n) is 7.70. The van der Waals surface area contributed by atoms with Crippen molar-refractivity contribution in [2.24, 2.45) is 5.92 Å². The Labute approximate surface area is 187 Å². The quantitative estimate of drug-likeness (QED) is 0.123. The maximum absolute atomic E-state index is 11.3. The van der Waals surface area contributed by atoms with Gasteiger partial charge in [0.2, 0.25) is 0 Å². The zero-order valence-electron chi connectivity index (χ0n) is 15.2. The van der Waals surface area contributed by atoms with E-state index in [2.05, 4.69) is 6.92 Å². The van der Waals surface area contributed by atoms with Crippen LogP contribution >= 0.6 is 0 Å². The summed E-state index contributed by atoms with van der Waals surface area (Å²) in [5.41, 5.74) is 0. The van der Waals surface area contributed by atoms with Crippen LogP contribution in [0.1, 0.15) is 78.1 Å². The van der Waals surface area contributed by atoms with Crippen molar-refractivity contribution in [2.75, 3.05) is 0 Å². The molecule has 0 saturated heterocycles. The molecule has 1 unspecified atom stereocenters. The first-order chi connectivity index (χ1) is 9.95. The average Bonchev–Trinajstić information content (AvgIpc) is 2.43. The van der Waals surface area contributed by atoms with Gasteiger partial charge in [-0.25, -0.2) is 0 Å². The van der Waals surface area contributed by atoms with E-state index in [1.54, 1.807) is 6.92 Å². The third-order valence-corrected chi connectivity index (χ3v) is 3.24. The fourth-order valence-corrected chi connectivity index (χ4v) is 1.91. The average molecular weight is 366 g/mol. The van der Waals surface area contributed by atoms with Gasteiger partial charge in [-0.05, 0) is 13.3 Å². The zero-order chi connectivity index (χ0) is 16.5. The predicted molar refractivity (Wildman–Crippen MR) is 81.8 cm³/mol. The first-order valence-corrected chi connectivity index (χ1v) is 8.70. The number of aldehydes is 1. The van der Waals surface area contributed by atoms with E-state index in [4.69, 9.17) is 13.3 Å². The van der Waals surface area contributed by atoms with E-state index < -0.39 is 17.3 Å². The maximum atomic E-state index is 11.3. The standard InChI is InChI=1S/C15H28O2.2Na.H2O3S/c1-3-4-5-6-7-8-9-10-11-12-15(17)14(2)13-16;;;1-4(2)3/h13-14H,3-12H2,1-2H3;;;(H2,1,2,3)/q;2*+1;/p-2. The number of carbonyl (C=O) groups is 2. The molecule has 0 aliphatic carbocycles. The number of hydrogen-bond acceptors (Lipinski definition) is 5. The summed E-state index contributed by atoms with van der Waals surface area (Å²) >= 11 is -3.11. The molecular formula is C15H28Na2O5S. The van der Waals surface area contributed by atoms with Crippen molar-refractivity contribution >= 4 is 23.4 Å². The van der Waals surface area contributed by atoms with Gasteiger partial charge in [-0.3, -0.25) is 9.00 Å². The molecule has 8 heteroatoms. The van der Waals surface area contributed by atoms with E-state index in [-0.39, 0.29) is 64.9 Å². The second kappa shape index (κ2) is 25.6. The van der Waals surface area contributed by atoms with E-state index in [1.165, 1.54) is 44.9 Å². The topological polar surface area (TPSA) is 97.3 Å². The summed E-state index contributed by atoms with van der Waals surface area (Å²) < 4.78 is 25.3. The molecule has 0 aromatic rings. The van der Waals surface area contributed by atoms with Gasteiger partial charge in [-0.2, -0.15) is 0 Å². The van der Waals surface area contributed by atoms with Crippen LogP contribution in [0.15, 0.2) is 0 Å². The van der Waals surface area contributed by atoms with Crippen LogP contribution in [0.5, 0.6) is 0 Å². The minimum Gasteiger partial charge on any atom is -0.784 e. The van der Waals surface area contributed by atoms with Gasteiger partial charge in [0, 0.05) is 6.42 Å². The summed E-state index contributed by atoms with van der Waals surface area (Å²) in [6, 6.07) is 0. The van der Waals surface area contributed by atoms with Crippen molar-refractivity contribution in [3.8, 4) is 0 Å². The smallest absolute Gasteiger partial charge is 0.784 e. The van der Waals surface area contributed by atoms with Crippen LogP contribution in [-0.2, 0) is 21.0 Å². The second-order valence-corrected chi connectivity index (χ2v) is 5.58. The molecule has 0 radical (unpaired) electrons. The number of hydrogen-bond donors (Lipinski definition) is 0. The molecule has 5 nitrogen and oxygen atoms in total. The van der Waals surface area contributed by atoms with E-state index in [1.807, 2.05) is 0 Å². The number of ketones is 1. The summed E-state index contributed by atoms with van der Waals surface area (Å²) in [7, 11) is 0. The fourth-order valence-electron chi connectivity index (χ4n) is 1.91. The molecule has 0 fully saturated rings. The van der Waals surface area contributed by atoms with Crippen molar-refractivity contribution in [3.63, 3.8) is 0 Å². The Morgan fingerprint density at radius 2 is 1.30 bits per heavy atom. The third kappa shape index (κ3) is 31.7. The molecule has 0 aliphatic rings. The van der Waals surface area contributed by atoms with Gasteiger partial charge >= 0.3 is 59.1 Å². The Bertz CT molecular complexity index is 287. The monoisotopic (exact) mass is 366 g/mol. The normalized spacial score (nSPS) is 10.7. The minimum absolute atomic E-state index is 0. The van der Waals surface area contributed by atoms with Gasteiger partial charge in [0.05, 0.1) is 5.92 Å². The number of unbranched alkanes of at least 4 members (excludes halogenated alkanes) is 8. The van der Waals surface area contributed by atoms with Gasteiger partial charge in [-0.15, -0.1) is 11.4 Å². The molecule has 23 heavy (non-hydrogen) atoms. The van der Waals surface area contributed by atoms with Crippen LogP contribution in [0.25, 0.3) is 0 Å². The SMILES string of the molecule is CCCCCCCCCCCC(=O)C(C)C=O.O=S([O-])[O-].[Na+].[Na+]. The van der Waals surface area contributed by atoms with Crippen molar-refractivity contribution in [3.05, 3.63) is 0 Å². The second-order valence-electron chi connectivity index (χ2n) is 5.17. The van der Waals surface area contributed by atoms with Crippen LogP contribution < -0.4 is 59.1 Å². The summed E-state index contributed by atoms with van der Waals surface area (Å²) in [5.74, 6) is -0.299. The van der Waals surface area contributed by atoms with Crippen LogP contribution in [-0.4, -0.2) is 25.4 Å². The molecule has 1 atom stereocenters.